The molecule has 5 rings (SSSR count). The summed E-state index contributed by atoms with van der Waals surface area (Å²) < 4.78 is 6.24. The zero-order valence-corrected chi connectivity index (χ0v) is 15.5. The molecule has 2 amide bonds. The van der Waals surface area contributed by atoms with Gasteiger partial charge in [-0.2, -0.15) is 0 Å². The quantitative estimate of drug-likeness (QED) is 0.636. The number of hydrogen-bond acceptors (Lipinski definition) is 4. The number of imide groups is 1. The first kappa shape index (κ1) is 19.6. The van der Waals surface area contributed by atoms with Gasteiger partial charge in [-0.3, -0.25) is 9.59 Å². The van der Waals surface area contributed by atoms with Crippen LogP contribution in [0, 0.1) is 18.4 Å². The molecule has 0 radical (unpaired) electrons. The molecule has 2 bridgehead atoms. The molecule has 2 aromatic carbocycles. The summed E-state index contributed by atoms with van der Waals surface area (Å²) in [5, 5.41) is 11.0. The summed E-state index contributed by atoms with van der Waals surface area (Å²) in [4.78, 5) is 31.8. The number of carbonyl (C=O) groups is 2. The van der Waals surface area contributed by atoms with E-state index < -0.39 is 23.0 Å². The van der Waals surface area contributed by atoms with E-state index in [1.165, 1.54) is 4.90 Å². The number of carbonyl (C=O) groups excluding carboxylic acids is 2. The van der Waals surface area contributed by atoms with Crippen molar-refractivity contribution < 1.29 is 19.4 Å². The largest absolute Gasteiger partial charge is 0.396 e. The van der Waals surface area contributed by atoms with Crippen molar-refractivity contribution in [2.45, 2.75) is 44.8 Å². The van der Waals surface area contributed by atoms with Crippen LogP contribution >= 0.6 is 0 Å². The monoisotopic (exact) mass is 392 g/mol. The Morgan fingerprint density at radius 1 is 1.14 bits per heavy atom. The van der Waals surface area contributed by atoms with Crippen molar-refractivity contribution in [3.05, 3.63) is 47.8 Å². The van der Waals surface area contributed by atoms with Crippen LogP contribution in [-0.4, -0.2) is 34.7 Å². The normalized spacial score (nSPS) is 32.4. The first-order valence-corrected chi connectivity index (χ1v) is 9.54. The maximum Gasteiger partial charge on any atom is 0.240 e. The number of aliphatic hydroxyl groups is 1. The van der Waals surface area contributed by atoms with Crippen LogP contribution in [0.5, 0.6) is 0 Å². The fourth-order valence-electron chi connectivity index (χ4n) is 5.60. The van der Waals surface area contributed by atoms with Crippen LogP contribution in [0.1, 0.15) is 33.6 Å². The lowest BCUT2D eigenvalue weighted by Crippen LogP contribution is -2.42. The van der Waals surface area contributed by atoms with Gasteiger partial charge >= 0.3 is 0 Å². The lowest BCUT2D eigenvalue weighted by molar-refractivity contribution is -0.131. The fourth-order valence-corrected chi connectivity index (χ4v) is 5.60. The molecule has 3 aliphatic rings. The van der Waals surface area contributed by atoms with E-state index in [2.05, 4.69) is 4.85 Å². The van der Waals surface area contributed by atoms with Crippen LogP contribution in [0.25, 0.3) is 15.6 Å². The average molecular weight is 392 g/mol. The molecule has 2 unspecified atom stereocenters. The summed E-state index contributed by atoms with van der Waals surface area (Å²) in [7, 11) is 0. The van der Waals surface area contributed by atoms with Gasteiger partial charge in [0.2, 0.25) is 11.8 Å². The molecule has 2 aromatic rings. The SMILES string of the molecule is C.[C-]#[N+]c1ccc(N2C(=O)[C@@H]3[C@H](C2=O)C2(C)CCC3(CCO)O2)c2ccccc12. The molecule has 6 heteroatoms. The molecule has 3 fully saturated rings. The highest BCUT2D eigenvalue weighted by atomic mass is 16.5. The third kappa shape index (κ3) is 2.35. The Kier molecular flexibility index (Phi) is 4.30. The third-order valence-corrected chi connectivity index (χ3v) is 6.79. The van der Waals surface area contributed by atoms with E-state index in [1.54, 1.807) is 12.1 Å². The Hall–Kier alpha value is -2.75. The maximum atomic E-state index is 13.5. The number of aliphatic hydroxyl groups excluding tert-OH is 1. The first-order valence-electron chi connectivity index (χ1n) is 9.54. The summed E-state index contributed by atoms with van der Waals surface area (Å²) in [5.41, 5.74) is -0.421. The smallest absolute Gasteiger partial charge is 0.240 e. The molecule has 4 atom stereocenters. The number of amides is 2. The summed E-state index contributed by atoms with van der Waals surface area (Å²) in [6.07, 6.45) is 1.74. The summed E-state index contributed by atoms with van der Waals surface area (Å²) in [6, 6.07) is 10.7. The Morgan fingerprint density at radius 2 is 1.83 bits per heavy atom. The van der Waals surface area contributed by atoms with Gasteiger partial charge in [-0.15, -0.1) is 0 Å². The van der Waals surface area contributed by atoms with Gasteiger partial charge in [-0.05, 0) is 36.6 Å². The van der Waals surface area contributed by atoms with E-state index in [1.807, 2.05) is 31.2 Å². The summed E-state index contributed by atoms with van der Waals surface area (Å²) in [5.74, 6) is -1.59. The molecule has 1 N–H and O–H groups in total. The van der Waals surface area contributed by atoms with E-state index in [4.69, 9.17) is 11.3 Å². The van der Waals surface area contributed by atoms with Crippen LogP contribution < -0.4 is 4.90 Å². The van der Waals surface area contributed by atoms with Crippen LogP contribution in [0.4, 0.5) is 11.4 Å². The molecule has 150 valence electrons. The summed E-state index contributed by atoms with van der Waals surface area (Å²) in [6.45, 7) is 9.21. The lowest BCUT2D eigenvalue weighted by atomic mass is 9.67. The van der Waals surface area contributed by atoms with Gasteiger partial charge in [0.05, 0.1) is 35.3 Å². The van der Waals surface area contributed by atoms with Gasteiger partial charge in [-0.1, -0.05) is 37.8 Å². The van der Waals surface area contributed by atoms with E-state index in [0.717, 1.165) is 5.39 Å². The van der Waals surface area contributed by atoms with E-state index >= 15 is 0 Å². The van der Waals surface area contributed by atoms with Crippen LogP contribution in [0.3, 0.4) is 0 Å². The maximum absolute atomic E-state index is 13.5. The predicted molar refractivity (Wildman–Crippen MR) is 110 cm³/mol. The molecule has 0 aliphatic carbocycles. The Balaban J connectivity index is 0.00000205. The molecular formula is C23H24N2O4. The zero-order valence-electron chi connectivity index (χ0n) is 15.5. The summed E-state index contributed by atoms with van der Waals surface area (Å²) >= 11 is 0. The van der Waals surface area contributed by atoms with Gasteiger partial charge in [0.25, 0.3) is 0 Å². The van der Waals surface area contributed by atoms with Gasteiger partial charge in [-0.25, -0.2) is 9.74 Å². The highest BCUT2D eigenvalue weighted by Gasteiger charge is 2.73. The Labute approximate surface area is 169 Å². The first-order chi connectivity index (χ1) is 13.5. The van der Waals surface area contributed by atoms with E-state index in [0.29, 0.717) is 36.0 Å². The average Bonchev–Trinajstić information content (AvgIpc) is 3.26. The van der Waals surface area contributed by atoms with Crippen LogP contribution in [0.2, 0.25) is 0 Å². The minimum atomic E-state index is -0.762. The van der Waals surface area contributed by atoms with Crippen molar-refractivity contribution in [1.82, 2.24) is 0 Å². The van der Waals surface area contributed by atoms with Crippen molar-refractivity contribution in [3.8, 4) is 0 Å². The van der Waals surface area contributed by atoms with Crippen LogP contribution in [0.15, 0.2) is 36.4 Å². The number of nitrogens with zero attached hydrogens (tertiary/aromatic N) is 2. The zero-order chi connectivity index (χ0) is 19.7. The molecule has 3 heterocycles. The minimum Gasteiger partial charge on any atom is -0.396 e. The standard InChI is InChI=1S/C22H20N2O4.CH4/c1-21-9-10-22(28-21,11-12-25)18-17(21)19(26)24(20(18)27)16-8-7-15(23-2)13-5-3-4-6-14(13)16;/h3-8,17-18,25H,9-12H2,1H3;1H4/t17-,18+,21?,22?;/m1./s1. The molecule has 3 aliphatic heterocycles. The van der Waals surface area contributed by atoms with Gasteiger partial charge < -0.3 is 9.84 Å². The molecule has 3 saturated heterocycles. The number of rotatable bonds is 3. The van der Waals surface area contributed by atoms with Crippen molar-refractivity contribution >= 4 is 34.0 Å². The molecule has 29 heavy (non-hydrogen) atoms. The third-order valence-electron chi connectivity index (χ3n) is 6.79. The van der Waals surface area contributed by atoms with Crippen LogP contribution in [-0.2, 0) is 14.3 Å². The van der Waals surface area contributed by atoms with Crippen molar-refractivity contribution in [1.29, 1.82) is 0 Å². The number of ether oxygens (including phenoxy) is 1. The molecule has 0 aromatic heterocycles. The second-order valence-electron chi connectivity index (χ2n) is 8.18. The predicted octanol–water partition coefficient (Wildman–Crippen LogP) is 3.84. The van der Waals surface area contributed by atoms with Gasteiger partial charge in [0, 0.05) is 13.0 Å². The lowest BCUT2D eigenvalue weighted by Gasteiger charge is -2.30. The molecular weight excluding hydrogens is 368 g/mol. The van der Waals surface area contributed by atoms with Gasteiger partial charge in [0.1, 0.15) is 0 Å². The highest BCUT2D eigenvalue weighted by Crippen LogP contribution is 2.62. The number of anilines is 1. The van der Waals surface area contributed by atoms with Crippen molar-refractivity contribution in [3.63, 3.8) is 0 Å². The van der Waals surface area contributed by atoms with Crippen molar-refractivity contribution in [2.24, 2.45) is 11.8 Å². The highest BCUT2D eigenvalue weighted by molar-refractivity contribution is 6.26. The second kappa shape index (κ2) is 6.38. The van der Waals surface area contributed by atoms with E-state index in [-0.39, 0.29) is 25.8 Å². The number of fused-ring (bicyclic) bond motifs is 6. The Morgan fingerprint density at radius 3 is 2.52 bits per heavy atom. The molecule has 0 saturated carbocycles. The molecule has 0 spiro atoms. The second-order valence-corrected chi connectivity index (χ2v) is 8.18. The molecule has 6 nitrogen and oxygen atoms in total. The fraction of sp³-hybridized carbons (Fsp3) is 0.435. The topological polar surface area (TPSA) is 71.2 Å². The minimum absolute atomic E-state index is 0. The Bertz CT molecular complexity index is 1070. The number of hydrogen-bond donors (Lipinski definition) is 1. The van der Waals surface area contributed by atoms with Gasteiger partial charge in [0.15, 0.2) is 5.69 Å². The van der Waals surface area contributed by atoms with Crippen molar-refractivity contribution in [2.75, 3.05) is 11.5 Å². The number of benzene rings is 2. The van der Waals surface area contributed by atoms with E-state index in [9.17, 15) is 14.7 Å².